The number of hydrogen-bond acceptors (Lipinski definition) is 3. The van der Waals surface area contributed by atoms with Crippen LogP contribution in [-0.4, -0.2) is 18.6 Å². The van der Waals surface area contributed by atoms with Crippen molar-refractivity contribution in [3.63, 3.8) is 0 Å². The Morgan fingerprint density at radius 1 is 1.42 bits per heavy atom. The molecule has 0 fully saturated rings. The van der Waals surface area contributed by atoms with Gasteiger partial charge in [-0.2, -0.15) is 0 Å². The molecule has 0 radical (unpaired) electrons. The van der Waals surface area contributed by atoms with E-state index in [1.54, 1.807) is 0 Å². The van der Waals surface area contributed by atoms with Gasteiger partial charge in [-0.05, 0) is 44.0 Å². The Kier molecular flexibility index (Phi) is 5.83. The molecule has 3 N–H and O–H groups in total. The lowest BCUT2D eigenvalue weighted by Crippen LogP contribution is -2.33. The first-order valence-corrected chi connectivity index (χ1v) is 6.79. The van der Waals surface area contributed by atoms with Crippen molar-refractivity contribution in [3.8, 4) is 5.75 Å². The molecule has 1 aromatic rings. The quantitative estimate of drug-likeness (QED) is 0.794. The Balaban J connectivity index is 2.85. The Bertz CT molecular complexity index is 432. The van der Waals surface area contributed by atoms with Crippen molar-refractivity contribution in [3.05, 3.63) is 29.3 Å². The van der Waals surface area contributed by atoms with Crippen LogP contribution in [0, 0.1) is 6.92 Å². The van der Waals surface area contributed by atoms with E-state index in [0.29, 0.717) is 12.5 Å². The van der Waals surface area contributed by atoms with Crippen LogP contribution < -0.4 is 15.8 Å². The van der Waals surface area contributed by atoms with Crippen LogP contribution in [0.1, 0.15) is 44.4 Å². The highest BCUT2D eigenvalue weighted by molar-refractivity contribution is 5.79. The van der Waals surface area contributed by atoms with E-state index in [9.17, 15) is 4.79 Å². The topological polar surface area (TPSA) is 64.3 Å². The number of carbonyl (C=O) groups is 1. The average Bonchev–Trinajstić information content (AvgIpc) is 2.37. The lowest BCUT2D eigenvalue weighted by Gasteiger charge is -2.18. The van der Waals surface area contributed by atoms with Gasteiger partial charge in [0, 0.05) is 6.04 Å². The SMILES string of the molecule is CCNC(C)c1ccc(OC(CC)C(N)=O)c(C)c1. The molecule has 0 spiro atoms. The predicted molar refractivity (Wildman–Crippen MR) is 77.2 cm³/mol. The Morgan fingerprint density at radius 2 is 2.11 bits per heavy atom. The van der Waals surface area contributed by atoms with Crippen LogP contribution in [0.3, 0.4) is 0 Å². The van der Waals surface area contributed by atoms with Gasteiger partial charge in [0.05, 0.1) is 0 Å². The molecule has 0 aliphatic carbocycles. The van der Waals surface area contributed by atoms with Crippen molar-refractivity contribution in [2.24, 2.45) is 5.73 Å². The van der Waals surface area contributed by atoms with Crippen molar-refractivity contribution in [1.82, 2.24) is 5.32 Å². The van der Waals surface area contributed by atoms with E-state index in [1.165, 1.54) is 5.56 Å². The second kappa shape index (κ2) is 7.14. The summed E-state index contributed by atoms with van der Waals surface area (Å²) < 4.78 is 5.66. The van der Waals surface area contributed by atoms with Crippen LogP contribution in [0.4, 0.5) is 0 Å². The van der Waals surface area contributed by atoms with Crippen molar-refractivity contribution in [1.29, 1.82) is 0 Å². The van der Waals surface area contributed by atoms with Crippen molar-refractivity contribution < 1.29 is 9.53 Å². The minimum Gasteiger partial charge on any atom is -0.480 e. The van der Waals surface area contributed by atoms with E-state index in [0.717, 1.165) is 17.9 Å². The summed E-state index contributed by atoms with van der Waals surface area (Å²) >= 11 is 0. The monoisotopic (exact) mass is 264 g/mol. The number of ether oxygens (including phenoxy) is 1. The zero-order chi connectivity index (χ0) is 14.4. The maximum Gasteiger partial charge on any atom is 0.258 e. The molecule has 4 nitrogen and oxygen atoms in total. The van der Waals surface area contributed by atoms with E-state index in [1.807, 2.05) is 26.0 Å². The maximum absolute atomic E-state index is 11.2. The molecule has 0 saturated carbocycles. The van der Waals surface area contributed by atoms with Crippen molar-refractivity contribution >= 4 is 5.91 Å². The standard InChI is InChI=1S/C15H24N2O2/c1-5-13(15(16)18)19-14-8-7-12(9-10(14)3)11(4)17-6-2/h7-9,11,13,17H,5-6H2,1-4H3,(H2,16,18). The van der Waals surface area contributed by atoms with Gasteiger partial charge in [-0.1, -0.05) is 26.0 Å². The molecular weight excluding hydrogens is 240 g/mol. The number of aryl methyl sites for hydroxylation is 1. The van der Waals surface area contributed by atoms with Gasteiger partial charge >= 0.3 is 0 Å². The van der Waals surface area contributed by atoms with Gasteiger partial charge in [0.15, 0.2) is 6.10 Å². The van der Waals surface area contributed by atoms with E-state index >= 15 is 0 Å². The number of carbonyl (C=O) groups excluding carboxylic acids is 1. The van der Waals surface area contributed by atoms with Crippen LogP contribution >= 0.6 is 0 Å². The number of rotatable bonds is 7. The van der Waals surface area contributed by atoms with E-state index in [4.69, 9.17) is 10.5 Å². The zero-order valence-electron chi connectivity index (χ0n) is 12.2. The highest BCUT2D eigenvalue weighted by Crippen LogP contribution is 2.24. The first kappa shape index (κ1) is 15.5. The largest absolute Gasteiger partial charge is 0.480 e. The van der Waals surface area contributed by atoms with Crippen LogP contribution in [0.25, 0.3) is 0 Å². The van der Waals surface area contributed by atoms with Gasteiger partial charge in [-0.3, -0.25) is 4.79 Å². The van der Waals surface area contributed by atoms with Gasteiger partial charge < -0.3 is 15.8 Å². The smallest absolute Gasteiger partial charge is 0.258 e. The summed E-state index contributed by atoms with van der Waals surface area (Å²) in [5, 5.41) is 3.36. The van der Waals surface area contributed by atoms with Crippen molar-refractivity contribution in [2.75, 3.05) is 6.54 Å². The third-order valence-electron chi connectivity index (χ3n) is 3.17. The lowest BCUT2D eigenvalue weighted by molar-refractivity contribution is -0.124. The third-order valence-corrected chi connectivity index (χ3v) is 3.17. The van der Waals surface area contributed by atoms with Crippen LogP contribution in [-0.2, 0) is 4.79 Å². The molecule has 106 valence electrons. The Labute approximate surface area is 115 Å². The molecule has 19 heavy (non-hydrogen) atoms. The normalized spacial score (nSPS) is 13.9. The summed E-state index contributed by atoms with van der Waals surface area (Å²) in [5.74, 6) is 0.296. The third kappa shape index (κ3) is 4.24. The number of nitrogens with two attached hydrogens (primary N) is 1. The fourth-order valence-electron chi connectivity index (χ4n) is 1.99. The molecule has 1 aromatic carbocycles. The molecule has 2 atom stereocenters. The number of hydrogen-bond donors (Lipinski definition) is 2. The van der Waals surface area contributed by atoms with E-state index in [-0.39, 0.29) is 0 Å². The summed E-state index contributed by atoms with van der Waals surface area (Å²) in [4.78, 5) is 11.2. The summed E-state index contributed by atoms with van der Waals surface area (Å²) in [7, 11) is 0. The van der Waals surface area contributed by atoms with Crippen LogP contribution in [0.2, 0.25) is 0 Å². The summed E-state index contributed by atoms with van der Waals surface area (Å²) in [6.07, 6.45) is 0.0142. The first-order chi connectivity index (χ1) is 8.99. The molecule has 1 rings (SSSR count). The maximum atomic E-state index is 11.2. The summed E-state index contributed by atoms with van der Waals surface area (Å²) in [5.41, 5.74) is 7.51. The minimum atomic E-state index is -0.559. The van der Waals surface area contributed by atoms with Crippen LogP contribution in [0.15, 0.2) is 18.2 Å². The molecule has 0 aliphatic heterocycles. The average molecular weight is 264 g/mol. The summed E-state index contributed by atoms with van der Waals surface area (Å²) in [6, 6.07) is 6.31. The lowest BCUT2D eigenvalue weighted by atomic mass is 10.0. The highest BCUT2D eigenvalue weighted by atomic mass is 16.5. The molecule has 4 heteroatoms. The first-order valence-electron chi connectivity index (χ1n) is 6.79. The molecule has 0 bridgehead atoms. The molecule has 0 aromatic heterocycles. The predicted octanol–water partition coefficient (Wildman–Crippen LogP) is 2.31. The molecule has 0 saturated heterocycles. The van der Waals surface area contributed by atoms with Gasteiger partial charge in [-0.15, -0.1) is 0 Å². The molecular formula is C15H24N2O2. The molecule has 2 unspecified atom stereocenters. The van der Waals surface area contributed by atoms with Crippen molar-refractivity contribution in [2.45, 2.75) is 46.3 Å². The number of primary amides is 1. The fourth-order valence-corrected chi connectivity index (χ4v) is 1.99. The second-order valence-corrected chi connectivity index (χ2v) is 4.72. The zero-order valence-corrected chi connectivity index (χ0v) is 12.2. The second-order valence-electron chi connectivity index (χ2n) is 4.72. The summed E-state index contributed by atoms with van der Waals surface area (Å²) in [6.45, 7) is 8.99. The van der Waals surface area contributed by atoms with E-state index in [2.05, 4.69) is 25.2 Å². The molecule has 1 amide bonds. The van der Waals surface area contributed by atoms with Gasteiger partial charge in [0.2, 0.25) is 0 Å². The number of amides is 1. The van der Waals surface area contributed by atoms with Gasteiger partial charge in [0.1, 0.15) is 5.75 Å². The molecule has 0 heterocycles. The van der Waals surface area contributed by atoms with Gasteiger partial charge in [0.25, 0.3) is 5.91 Å². The highest BCUT2D eigenvalue weighted by Gasteiger charge is 2.16. The molecule has 0 aliphatic rings. The fraction of sp³-hybridized carbons (Fsp3) is 0.533. The van der Waals surface area contributed by atoms with Gasteiger partial charge in [-0.25, -0.2) is 0 Å². The minimum absolute atomic E-state index is 0.302. The number of nitrogens with one attached hydrogen (secondary N) is 1. The Hall–Kier alpha value is -1.55. The van der Waals surface area contributed by atoms with Crippen LogP contribution in [0.5, 0.6) is 5.75 Å². The van der Waals surface area contributed by atoms with E-state index < -0.39 is 12.0 Å². The Morgan fingerprint density at radius 3 is 2.58 bits per heavy atom. The number of benzene rings is 1.